The first-order valence-electron chi connectivity index (χ1n) is 9.76. The zero-order chi connectivity index (χ0) is 19.8. The molecule has 2 fully saturated rings. The van der Waals surface area contributed by atoms with Crippen molar-refractivity contribution in [2.45, 2.75) is 37.6 Å². The third kappa shape index (κ3) is 3.57. The lowest BCUT2D eigenvalue weighted by Gasteiger charge is -2.32. The van der Waals surface area contributed by atoms with E-state index in [1.54, 1.807) is 30.1 Å². The summed E-state index contributed by atoms with van der Waals surface area (Å²) in [6, 6.07) is 3.47. The van der Waals surface area contributed by atoms with Gasteiger partial charge >= 0.3 is 0 Å². The van der Waals surface area contributed by atoms with Crippen LogP contribution in [0.4, 0.5) is 0 Å². The van der Waals surface area contributed by atoms with E-state index in [0.29, 0.717) is 42.0 Å². The van der Waals surface area contributed by atoms with Crippen LogP contribution in [0.3, 0.4) is 0 Å². The predicted octanol–water partition coefficient (Wildman–Crippen LogP) is 2.09. The molecule has 10 nitrogen and oxygen atoms in total. The molecule has 29 heavy (non-hydrogen) atoms. The quantitative estimate of drug-likeness (QED) is 0.645. The van der Waals surface area contributed by atoms with Crippen LogP contribution in [0, 0.1) is 0 Å². The van der Waals surface area contributed by atoms with Crippen molar-refractivity contribution < 1.29 is 14.1 Å². The Labute approximate surface area is 166 Å². The Hall–Kier alpha value is -3.30. The number of aromatic nitrogens is 6. The first kappa shape index (κ1) is 17.8. The fraction of sp³-hybridized carbons (Fsp3) is 0.474. The number of methoxy groups -OCH3 is 1. The number of carbonyl (C=O) groups is 1. The Bertz CT molecular complexity index is 1010. The van der Waals surface area contributed by atoms with Gasteiger partial charge in [-0.15, -0.1) is 5.10 Å². The van der Waals surface area contributed by atoms with E-state index in [0.717, 1.165) is 31.5 Å². The van der Waals surface area contributed by atoms with Gasteiger partial charge in [0.1, 0.15) is 0 Å². The van der Waals surface area contributed by atoms with Gasteiger partial charge in [-0.3, -0.25) is 4.79 Å². The Morgan fingerprint density at radius 2 is 2.17 bits per heavy atom. The topological polar surface area (TPSA) is 112 Å². The van der Waals surface area contributed by atoms with Gasteiger partial charge < -0.3 is 14.2 Å². The number of nitrogens with zero attached hydrogens (tertiary/aromatic N) is 7. The van der Waals surface area contributed by atoms with Crippen molar-refractivity contribution in [2.24, 2.45) is 0 Å². The molecule has 2 aliphatic rings. The van der Waals surface area contributed by atoms with Gasteiger partial charge in [0, 0.05) is 31.3 Å². The van der Waals surface area contributed by atoms with Crippen molar-refractivity contribution in [3.63, 3.8) is 0 Å². The molecule has 0 radical (unpaired) electrons. The molecule has 1 unspecified atom stereocenters. The summed E-state index contributed by atoms with van der Waals surface area (Å²) in [5.41, 5.74) is 1.11. The van der Waals surface area contributed by atoms with Gasteiger partial charge in [0.25, 0.3) is 11.8 Å². The minimum absolute atomic E-state index is 0.0452. The molecular formula is C19H21N7O3. The van der Waals surface area contributed by atoms with Crippen LogP contribution in [0.1, 0.15) is 53.8 Å². The number of likely N-dealkylation sites (tertiary alicyclic amines) is 1. The lowest BCUT2D eigenvalue weighted by atomic mass is 10.0. The number of pyridine rings is 1. The second-order valence-corrected chi connectivity index (χ2v) is 7.45. The van der Waals surface area contributed by atoms with Crippen LogP contribution in [0.5, 0.6) is 5.88 Å². The Morgan fingerprint density at radius 1 is 1.28 bits per heavy atom. The number of amides is 1. The van der Waals surface area contributed by atoms with E-state index in [1.807, 2.05) is 11.1 Å². The fourth-order valence-electron chi connectivity index (χ4n) is 3.56. The van der Waals surface area contributed by atoms with Crippen molar-refractivity contribution in [2.75, 3.05) is 20.2 Å². The SMILES string of the molecule is COc1ccc(C(=O)N2CCCC(n3cc(-c4nc(C5CC5)no4)nn3)C2)cn1. The highest BCUT2D eigenvalue weighted by Gasteiger charge is 2.30. The first-order chi connectivity index (χ1) is 14.2. The zero-order valence-corrected chi connectivity index (χ0v) is 16.1. The molecule has 0 N–H and O–H groups in total. The highest BCUT2D eigenvalue weighted by molar-refractivity contribution is 5.94. The van der Waals surface area contributed by atoms with Crippen molar-refractivity contribution in [3.8, 4) is 17.5 Å². The molecule has 0 aromatic carbocycles. The normalized spacial score (nSPS) is 19.3. The summed E-state index contributed by atoms with van der Waals surface area (Å²) in [5.74, 6) is 2.01. The Morgan fingerprint density at radius 3 is 2.93 bits per heavy atom. The number of carbonyl (C=O) groups excluding carboxylic acids is 1. The molecule has 3 aromatic heterocycles. The lowest BCUT2D eigenvalue weighted by molar-refractivity contribution is 0.0671. The molecule has 4 heterocycles. The molecular weight excluding hydrogens is 374 g/mol. The number of hydrogen-bond donors (Lipinski definition) is 0. The summed E-state index contributed by atoms with van der Waals surface area (Å²) >= 11 is 0. The van der Waals surface area contributed by atoms with Gasteiger partial charge in [-0.25, -0.2) is 9.67 Å². The Kier molecular flexibility index (Phi) is 4.45. The number of piperidine rings is 1. The fourth-order valence-corrected chi connectivity index (χ4v) is 3.56. The zero-order valence-electron chi connectivity index (χ0n) is 16.1. The predicted molar refractivity (Wildman–Crippen MR) is 100 cm³/mol. The molecule has 1 atom stereocenters. The van der Waals surface area contributed by atoms with Gasteiger partial charge in [0.2, 0.25) is 5.88 Å². The second-order valence-electron chi connectivity index (χ2n) is 7.45. The van der Waals surface area contributed by atoms with Crippen LogP contribution in [-0.2, 0) is 0 Å². The van der Waals surface area contributed by atoms with E-state index in [9.17, 15) is 4.79 Å². The van der Waals surface area contributed by atoms with Crippen molar-refractivity contribution >= 4 is 5.91 Å². The van der Waals surface area contributed by atoms with E-state index < -0.39 is 0 Å². The smallest absolute Gasteiger partial charge is 0.280 e. The maximum Gasteiger partial charge on any atom is 0.280 e. The van der Waals surface area contributed by atoms with Crippen LogP contribution in [-0.4, -0.2) is 61.1 Å². The highest BCUT2D eigenvalue weighted by atomic mass is 16.5. The van der Waals surface area contributed by atoms with E-state index in [4.69, 9.17) is 9.26 Å². The number of hydrogen-bond acceptors (Lipinski definition) is 8. The molecule has 5 rings (SSSR count). The van der Waals surface area contributed by atoms with Crippen LogP contribution in [0.25, 0.3) is 11.6 Å². The minimum Gasteiger partial charge on any atom is -0.481 e. The molecule has 1 saturated carbocycles. The van der Waals surface area contributed by atoms with Crippen LogP contribution in [0.15, 0.2) is 29.0 Å². The summed E-state index contributed by atoms with van der Waals surface area (Å²) < 4.78 is 12.2. The highest BCUT2D eigenvalue weighted by Crippen LogP contribution is 2.38. The summed E-state index contributed by atoms with van der Waals surface area (Å²) in [7, 11) is 1.55. The third-order valence-corrected chi connectivity index (χ3v) is 5.36. The molecule has 1 aliphatic heterocycles. The number of rotatable bonds is 5. The Balaban J connectivity index is 1.28. The lowest BCUT2D eigenvalue weighted by Crippen LogP contribution is -2.40. The van der Waals surface area contributed by atoms with Crippen molar-refractivity contribution in [1.29, 1.82) is 0 Å². The summed E-state index contributed by atoms with van der Waals surface area (Å²) in [5, 5.41) is 12.5. The van der Waals surface area contributed by atoms with Crippen LogP contribution in [0.2, 0.25) is 0 Å². The van der Waals surface area contributed by atoms with Gasteiger partial charge in [-0.05, 0) is 31.7 Å². The standard InChI is InChI=1S/C19H21N7O3/c1-28-16-7-6-13(9-20-16)19(27)25-8-2-3-14(10-25)26-11-15(22-24-26)18-21-17(23-29-18)12-4-5-12/h6-7,9,11-12,14H,2-5,8,10H2,1H3. The van der Waals surface area contributed by atoms with E-state index in [-0.39, 0.29) is 11.9 Å². The molecule has 10 heteroatoms. The molecule has 3 aromatic rings. The van der Waals surface area contributed by atoms with Crippen molar-refractivity contribution in [1.82, 2.24) is 35.0 Å². The largest absolute Gasteiger partial charge is 0.481 e. The molecule has 1 aliphatic carbocycles. The second kappa shape index (κ2) is 7.26. The molecule has 0 spiro atoms. The maximum absolute atomic E-state index is 12.8. The summed E-state index contributed by atoms with van der Waals surface area (Å²) in [4.78, 5) is 23.2. The van der Waals surface area contributed by atoms with E-state index in [1.165, 1.54) is 0 Å². The monoisotopic (exact) mass is 395 g/mol. The molecule has 1 amide bonds. The number of ether oxygens (including phenoxy) is 1. The molecule has 1 saturated heterocycles. The van der Waals surface area contributed by atoms with E-state index in [2.05, 4.69) is 25.4 Å². The average Bonchev–Trinajstić information content (AvgIpc) is 3.29. The minimum atomic E-state index is -0.0452. The van der Waals surface area contributed by atoms with Gasteiger partial charge in [-0.1, -0.05) is 10.4 Å². The third-order valence-electron chi connectivity index (χ3n) is 5.36. The molecule has 150 valence electrons. The van der Waals surface area contributed by atoms with Gasteiger partial charge in [0.05, 0.1) is 24.9 Å². The summed E-state index contributed by atoms with van der Waals surface area (Å²) in [6.07, 6.45) is 7.40. The van der Waals surface area contributed by atoms with E-state index >= 15 is 0 Å². The van der Waals surface area contributed by atoms with Gasteiger partial charge in [-0.2, -0.15) is 4.98 Å². The van der Waals surface area contributed by atoms with Crippen LogP contribution < -0.4 is 4.74 Å². The van der Waals surface area contributed by atoms with Gasteiger partial charge in [0.15, 0.2) is 11.5 Å². The van der Waals surface area contributed by atoms with Crippen LogP contribution >= 0.6 is 0 Å². The average molecular weight is 395 g/mol. The molecule has 0 bridgehead atoms. The summed E-state index contributed by atoms with van der Waals surface area (Å²) in [6.45, 7) is 1.27. The van der Waals surface area contributed by atoms with Crippen molar-refractivity contribution in [3.05, 3.63) is 35.9 Å². The first-order valence-corrected chi connectivity index (χ1v) is 9.76. The maximum atomic E-state index is 12.8.